The maximum atomic E-state index is 14.0. The molecule has 2 heterocycles. The molecule has 2 aliphatic heterocycles. The van der Waals surface area contributed by atoms with Gasteiger partial charge in [0.15, 0.2) is 0 Å². The topological polar surface area (TPSA) is 32.8 Å². The van der Waals surface area contributed by atoms with Crippen molar-refractivity contribution >= 4 is 23.2 Å². The number of carbonyl (C=O) groups is 1. The van der Waals surface area contributed by atoms with E-state index in [4.69, 9.17) is 16.4 Å². The largest absolute Gasteiger partial charge is 0.342 e. The minimum Gasteiger partial charge on any atom is -0.342 e. The minimum atomic E-state index is -0.396. The van der Waals surface area contributed by atoms with Crippen molar-refractivity contribution in [2.24, 2.45) is 5.92 Å². The summed E-state index contributed by atoms with van der Waals surface area (Å²) in [5, 5.41) is 2.60. The number of hydroxylamine groups is 1. The van der Waals surface area contributed by atoms with Crippen LogP contribution < -0.4 is 5.06 Å². The number of anilines is 1. The van der Waals surface area contributed by atoms with Crippen LogP contribution in [0.3, 0.4) is 0 Å². The number of likely N-dealkylation sites (tertiary alicyclic amines) is 1. The summed E-state index contributed by atoms with van der Waals surface area (Å²) in [6, 6.07) is 27.7. The van der Waals surface area contributed by atoms with Crippen molar-refractivity contribution in [3.8, 4) is 0 Å². The molecule has 164 valence electrons. The van der Waals surface area contributed by atoms with E-state index in [1.165, 1.54) is 6.42 Å². The van der Waals surface area contributed by atoms with Gasteiger partial charge in [-0.05, 0) is 54.7 Å². The van der Waals surface area contributed by atoms with Crippen LogP contribution >= 0.6 is 11.6 Å². The lowest BCUT2D eigenvalue weighted by Crippen LogP contribution is -2.42. The van der Waals surface area contributed by atoms with Gasteiger partial charge in [0.1, 0.15) is 6.10 Å². The number of para-hydroxylation sites is 1. The van der Waals surface area contributed by atoms with Gasteiger partial charge >= 0.3 is 0 Å². The molecular weight excluding hydrogens is 420 g/mol. The van der Waals surface area contributed by atoms with Crippen LogP contribution in [0.15, 0.2) is 84.9 Å². The molecule has 5 rings (SSSR count). The molecular formula is C27H27ClN2O2. The van der Waals surface area contributed by atoms with Gasteiger partial charge in [-0.15, -0.1) is 0 Å². The van der Waals surface area contributed by atoms with Gasteiger partial charge in [-0.3, -0.25) is 9.63 Å². The van der Waals surface area contributed by atoms with Crippen LogP contribution in [0.4, 0.5) is 5.69 Å². The maximum absolute atomic E-state index is 14.0. The van der Waals surface area contributed by atoms with Crippen molar-refractivity contribution in [2.75, 3.05) is 18.2 Å². The summed E-state index contributed by atoms with van der Waals surface area (Å²) in [4.78, 5) is 22.6. The Balaban J connectivity index is 1.61. The Morgan fingerprint density at radius 3 is 2.06 bits per heavy atom. The summed E-state index contributed by atoms with van der Waals surface area (Å²) in [6.45, 7) is 1.63. The number of nitrogens with zero attached hydrogens (tertiary/aromatic N) is 2. The van der Waals surface area contributed by atoms with Crippen molar-refractivity contribution < 1.29 is 9.63 Å². The highest BCUT2D eigenvalue weighted by Gasteiger charge is 2.50. The molecule has 1 amide bonds. The Labute approximate surface area is 194 Å². The summed E-state index contributed by atoms with van der Waals surface area (Å²) >= 11 is 6.16. The Morgan fingerprint density at radius 1 is 0.781 bits per heavy atom. The maximum Gasteiger partial charge on any atom is 0.231 e. The Hall–Kier alpha value is -2.82. The molecule has 3 aromatic carbocycles. The van der Waals surface area contributed by atoms with Gasteiger partial charge in [-0.1, -0.05) is 72.3 Å². The van der Waals surface area contributed by atoms with Gasteiger partial charge in [0.05, 0.1) is 17.6 Å². The normalized spacial score (nSPS) is 23.3. The van der Waals surface area contributed by atoms with E-state index in [-0.39, 0.29) is 17.9 Å². The summed E-state index contributed by atoms with van der Waals surface area (Å²) in [6.07, 6.45) is 2.91. The number of piperidine rings is 1. The molecule has 5 heteroatoms. The quantitative estimate of drug-likeness (QED) is 0.478. The number of carbonyl (C=O) groups excluding carboxylic acids is 1. The number of hydrogen-bond acceptors (Lipinski definition) is 3. The van der Waals surface area contributed by atoms with Crippen LogP contribution in [0.25, 0.3) is 0 Å². The van der Waals surface area contributed by atoms with Crippen molar-refractivity contribution in [3.63, 3.8) is 0 Å². The van der Waals surface area contributed by atoms with Crippen molar-refractivity contribution in [1.29, 1.82) is 0 Å². The predicted molar refractivity (Wildman–Crippen MR) is 127 cm³/mol. The fraction of sp³-hybridized carbons (Fsp3) is 0.296. The Bertz CT molecular complexity index is 1040. The molecule has 0 N–H and O–H groups in total. The molecule has 0 bridgehead atoms. The first kappa shape index (κ1) is 21.0. The van der Waals surface area contributed by atoms with Gasteiger partial charge in [0, 0.05) is 18.1 Å². The number of benzene rings is 3. The van der Waals surface area contributed by atoms with Gasteiger partial charge in [-0.2, -0.15) is 0 Å². The SMILES string of the molecule is O=C(C1C(c2ccc(Cl)cc2)ON(c2ccccc2)C1c1ccccc1)N1CCCCC1. The lowest BCUT2D eigenvalue weighted by atomic mass is 9.84. The van der Waals surface area contributed by atoms with Gasteiger partial charge < -0.3 is 4.90 Å². The first-order valence-corrected chi connectivity index (χ1v) is 11.7. The molecule has 0 radical (unpaired) electrons. The second kappa shape index (κ2) is 9.35. The van der Waals surface area contributed by atoms with E-state index in [0.29, 0.717) is 5.02 Å². The van der Waals surface area contributed by atoms with E-state index < -0.39 is 6.10 Å². The van der Waals surface area contributed by atoms with Gasteiger partial charge in [0.25, 0.3) is 0 Å². The van der Waals surface area contributed by atoms with Crippen LogP contribution in [-0.2, 0) is 9.63 Å². The average Bonchev–Trinajstić information content (AvgIpc) is 3.26. The lowest BCUT2D eigenvalue weighted by molar-refractivity contribution is -0.138. The lowest BCUT2D eigenvalue weighted by Gasteiger charge is -2.33. The smallest absolute Gasteiger partial charge is 0.231 e. The van der Waals surface area contributed by atoms with Crippen molar-refractivity contribution in [1.82, 2.24) is 4.90 Å². The summed E-state index contributed by atoms with van der Waals surface area (Å²) < 4.78 is 0. The third-order valence-electron chi connectivity index (χ3n) is 6.45. The Morgan fingerprint density at radius 2 is 1.41 bits per heavy atom. The average molecular weight is 447 g/mol. The summed E-state index contributed by atoms with van der Waals surface area (Å²) in [5.74, 6) is -0.200. The van der Waals surface area contributed by atoms with Gasteiger partial charge in [0.2, 0.25) is 5.91 Å². The molecule has 0 spiro atoms. The van der Waals surface area contributed by atoms with Crippen LogP contribution in [0.1, 0.15) is 42.5 Å². The minimum absolute atomic E-state index is 0.164. The number of rotatable bonds is 4. The highest BCUT2D eigenvalue weighted by atomic mass is 35.5. The first-order valence-electron chi connectivity index (χ1n) is 11.3. The second-order valence-corrected chi connectivity index (χ2v) is 8.94. The van der Waals surface area contributed by atoms with E-state index in [1.807, 2.05) is 82.8 Å². The Kier molecular flexibility index (Phi) is 6.15. The molecule has 0 saturated carbocycles. The van der Waals surface area contributed by atoms with Crippen LogP contribution in [-0.4, -0.2) is 23.9 Å². The molecule has 32 heavy (non-hydrogen) atoms. The molecule has 4 nitrogen and oxygen atoms in total. The first-order chi connectivity index (χ1) is 15.7. The molecule has 2 saturated heterocycles. The molecule has 0 aromatic heterocycles. The molecule has 3 unspecified atom stereocenters. The van der Waals surface area contributed by atoms with Crippen molar-refractivity contribution in [3.05, 3.63) is 101 Å². The molecule has 3 atom stereocenters. The molecule has 0 aliphatic carbocycles. The summed E-state index contributed by atoms with van der Waals surface area (Å²) in [7, 11) is 0. The second-order valence-electron chi connectivity index (χ2n) is 8.51. The van der Waals surface area contributed by atoms with E-state index in [0.717, 1.165) is 42.7 Å². The zero-order valence-corrected chi connectivity index (χ0v) is 18.7. The molecule has 2 fully saturated rings. The third-order valence-corrected chi connectivity index (χ3v) is 6.70. The number of hydrogen-bond donors (Lipinski definition) is 0. The predicted octanol–water partition coefficient (Wildman–Crippen LogP) is 6.20. The highest BCUT2D eigenvalue weighted by Crippen LogP contribution is 2.49. The summed E-state index contributed by atoms with van der Waals surface area (Å²) in [5.41, 5.74) is 2.97. The standard InChI is InChI=1S/C27H27ClN2O2/c28-22-16-14-21(15-17-22)26-24(27(31)29-18-8-3-9-19-29)25(20-10-4-1-5-11-20)30(32-26)23-12-6-2-7-13-23/h1-2,4-7,10-17,24-26H,3,8-9,18-19H2. The van der Waals surface area contributed by atoms with Crippen LogP contribution in [0, 0.1) is 5.92 Å². The zero-order valence-electron chi connectivity index (χ0n) is 17.9. The zero-order chi connectivity index (χ0) is 21.9. The van der Waals surface area contributed by atoms with E-state index in [9.17, 15) is 4.79 Å². The van der Waals surface area contributed by atoms with E-state index in [1.54, 1.807) is 0 Å². The van der Waals surface area contributed by atoms with Crippen LogP contribution in [0.2, 0.25) is 5.02 Å². The van der Waals surface area contributed by atoms with Crippen molar-refractivity contribution in [2.45, 2.75) is 31.4 Å². The fourth-order valence-electron chi connectivity index (χ4n) is 4.86. The number of halogens is 1. The van der Waals surface area contributed by atoms with E-state index >= 15 is 0 Å². The van der Waals surface area contributed by atoms with Crippen LogP contribution in [0.5, 0.6) is 0 Å². The van der Waals surface area contributed by atoms with Gasteiger partial charge in [-0.25, -0.2) is 5.06 Å². The number of amides is 1. The fourth-order valence-corrected chi connectivity index (χ4v) is 4.99. The molecule has 3 aromatic rings. The third kappa shape index (κ3) is 4.13. The molecule has 2 aliphatic rings. The van der Waals surface area contributed by atoms with E-state index in [2.05, 4.69) is 12.1 Å². The highest BCUT2D eigenvalue weighted by molar-refractivity contribution is 6.30. The monoisotopic (exact) mass is 446 g/mol.